The minimum atomic E-state index is -0.903. The van der Waals surface area contributed by atoms with Gasteiger partial charge in [0.05, 0.1) is 6.61 Å². The fourth-order valence-corrected chi connectivity index (χ4v) is 2.25. The Balaban J connectivity index is 1.90. The summed E-state index contributed by atoms with van der Waals surface area (Å²) in [5.41, 5.74) is 1.37. The summed E-state index contributed by atoms with van der Waals surface area (Å²) in [6, 6.07) is 6.36. The van der Waals surface area contributed by atoms with E-state index in [-0.39, 0.29) is 0 Å². The quantitative estimate of drug-likeness (QED) is 0.804. The number of ether oxygens (including phenoxy) is 1. The molecule has 2 rings (SSSR count). The van der Waals surface area contributed by atoms with Gasteiger partial charge < -0.3 is 9.84 Å². The smallest absolute Gasteiger partial charge is 0.323 e. The SMILES string of the molecule is Cc1ccc(OCCC(C)(NC2CC2)C(=O)O)c(C)c1. The van der Waals surface area contributed by atoms with E-state index in [1.54, 1.807) is 6.92 Å². The molecule has 0 bridgehead atoms. The number of rotatable bonds is 7. The maximum absolute atomic E-state index is 11.4. The molecule has 1 aromatic carbocycles. The number of aryl methyl sites for hydroxylation is 2. The highest BCUT2D eigenvalue weighted by molar-refractivity contribution is 5.78. The summed E-state index contributed by atoms with van der Waals surface area (Å²) < 4.78 is 5.74. The van der Waals surface area contributed by atoms with E-state index in [0.717, 1.165) is 24.2 Å². The Kier molecular flexibility index (Phi) is 4.33. The molecule has 4 heteroatoms. The minimum Gasteiger partial charge on any atom is -0.493 e. The van der Waals surface area contributed by atoms with Gasteiger partial charge in [-0.1, -0.05) is 17.7 Å². The van der Waals surface area contributed by atoms with Crippen LogP contribution in [-0.4, -0.2) is 29.3 Å². The molecule has 20 heavy (non-hydrogen) atoms. The zero-order valence-corrected chi connectivity index (χ0v) is 12.4. The zero-order chi connectivity index (χ0) is 14.8. The molecular formula is C16H23NO3. The van der Waals surface area contributed by atoms with E-state index in [1.807, 2.05) is 26.0 Å². The highest BCUT2D eigenvalue weighted by atomic mass is 16.5. The standard InChI is InChI=1S/C16H23NO3/c1-11-4-7-14(12(2)10-11)20-9-8-16(3,15(18)19)17-13-5-6-13/h4,7,10,13,17H,5-6,8-9H2,1-3H3,(H,18,19). The Morgan fingerprint density at radius 2 is 2.15 bits per heavy atom. The van der Waals surface area contributed by atoms with Crippen molar-refractivity contribution in [3.63, 3.8) is 0 Å². The lowest BCUT2D eigenvalue weighted by Crippen LogP contribution is -2.51. The second-order valence-electron chi connectivity index (χ2n) is 5.92. The normalized spacial score (nSPS) is 17.6. The molecule has 4 nitrogen and oxygen atoms in total. The first kappa shape index (κ1) is 14.9. The van der Waals surface area contributed by atoms with E-state index in [9.17, 15) is 9.90 Å². The molecule has 1 aliphatic rings. The first-order valence-electron chi connectivity index (χ1n) is 7.12. The second kappa shape index (κ2) is 5.83. The Bertz CT molecular complexity index is 496. The van der Waals surface area contributed by atoms with Crippen LogP contribution in [-0.2, 0) is 4.79 Å². The number of carboxylic acid groups (broad SMARTS) is 1. The molecule has 1 unspecified atom stereocenters. The monoisotopic (exact) mass is 277 g/mol. The topological polar surface area (TPSA) is 58.6 Å². The van der Waals surface area contributed by atoms with Gasteiger partial charge in [-0.2, -0.15) is 0 Å². The van der Waals surface area contributed by atoms with Gasteiger partial charge in [-0.3, -0.25) is 10.1 Å². The van der Waals surface area contributed by atoms with Crippen molar-refractivity contribution >= 4 is 5.97 Å². The molecule has 1 fully saturated rings. The molecule has 1 aromatic rings. The van der Waals surface area contributed by atoms with Gasteiger partial charge in [0.1, 0.15) is 11.3 Å². The van der Waals surface area contributed by atoms with Crippen molar-refractivity contribution in [2.75, 3.05) is 6.61 Å². The lowest BCUT2D eigenvalue weighted by molar-refractivity contribution is -0.144. The molecule has 2 N–H and O–H groups in total. The number of carboxylic acids is 1. The highest BCUT2D eigenvalue weighted by Crippen LogP contribution is 2.25. The number of carbonyl (C=O) groups is 1. The average Bonchev–Trinajstić information content (AvgIpc) is 3.15. The van der Waals surface area contributed by atoms with Gasteiger partial charge >= 0.3 is 5.97 Å². The van der Waals surface area contributed by atoms with Crippen LogP contribution in [0.15, 0.2) is 18.2 Å². The van der Waals surface area contributed by atoms with Crippen molar-refractivity contribution < 1.29 is 14.6 Å². The average molecular weight is 277 g/mol. The first-order valence-corrected chi connectivity index (χ1v) is 7.12. The molecule has 0 aliphatic heterocycles. The second-order valence-corrected chi connectivity index (χ2v) is 5.92. The van der Waals surface area contributed by atoms with Crippen LogP contribution in [0.3, 0.4) is 0 Å². The van der Waals surface area contributed by atoms with Crippen molar-refractivity contribution in [1.82, 2.24) is 5.32 Å². The molecule has 0 saturated heterocycles. The predicted octanol–water partition coefficient (Wildman–Crippen LogP) is 2.67. The van der Waals surface area contributed by atoms with Crippen LogP contribution in [0.2, 0.25) is 0 Å². The summed E-state index contributed by atoms with van der Waals surface area (Å²) >= 11 is 0. The molecule has 0 radical (unpaired) electrons. The molecular weight excluding hydrogens is 254 g/mol. The van der Waals surface area contributed by atoms with E-state index in [1.165, 1.54) is 5.56 Å². The number of hydrogen-bond donors (Lipinski definition) is 2. The van der Waals surface area contributed by atoms with E-state index < -0.39 is 11.5 Å². The van der Waals surface area contributed by atoms with Crippen LogP contribution >= 0.6 is 0 Å². The van der Waals surface area contributed by atoms with Gasteiger partial charge in [0.25, 0.3) is 0 Å². The third-order valence-corrected chi connectivity index (χ3v) is 3.76. The summed E-state index contributed by atoms with van der Waals surface area (Å²) in [5, 5.41) is 12.6. The summed E-state index contributed by atoms with van der Waals surface area (Å²) in [4.78, 5) is 11.4. The molecule has 0 spiro atoms. The molecule has 110 valence electrons. The molecule has 1 atom stereocenters. The number of nitrogens with one attached hydrogen (secondary N) is 1. The largest absolute Gasteiger partial charge is 0.493 e. The van der Waals surface area contributed by atoms with Crippen LogP contribution in [0.5, 0.6) is 5.75 Å². The maximum atomic E-state index is 11.4. The summed E-state index contributed by atoms with van der Waals surface area (Å²) in [5.74, 6) is 0.0170. The number of aliphatic carboxylic acids is 1. The Morgan fingerprint density at radius 3 is 2.70 bits per heavy atom. The minimum absolute atomic E-state index is 0.359. The van der Waals surface area contributed by atoms with Crippen LogP contribution < -0.4 is 10.1 Å². The number of hydrogen-bond acceptors (Lipinski definition) is 3. The van der Waals surface area contributed by atoms with Gasteiger partial charge in [0, 0.05) is 12.5 Å². The lowest BCUT2D eigenvalue weighted by Gasteiger charge is -2.26. The third kappa shape index (κ3) is 3.73. The molecule has 1 saturated carbocycles. The first-order chi connectivity index (χ1) is 9.40. The van der Waals surface area contributed by atoms with E-state index >= 15 is 0 Å². The lowest BCUT2D eigenvalue weighted by atomic mass is 9.98. The summed E-state index contributed by atoms with van der Waals surface area (Å²) in [6.45, 7) is 6.17. The molecule has 0 amide bonds. The van der Waals surface area contributed by atoms with E-state index in [2.05, 4.69) is 11.4 Å². The number of benzene rings is 1. The van der Waals surface area contributed by atoms with Gasteiger partial charge in [-0.25, -0.2) is 0 Å². The van der Waals surface area contributed by atoms with Crippen LogP contribution in [0.1, 0.15) is 37.3 Å². The van der Waals surface area contributed by atoms with Gasteiger partial charge in [-0.05, 0) is 45.2 Å². The highest BCUT2D eigenvalue weighted by Gasteiger charge is 2.38. The fourth-order valence-electron chi connectivity index (χ4n) is 2.25. The Labute approximate surface area is 120 Å². The van der Waals surface area contributed by atoms with Crippen molar-refractivity contribution in [2.24, 2.45) is 0 Å². The van der Waals surface area contributed by atoms with Crippen LogP contribution in [0.25, 0.3) is 0 Å². The molecule has 0 aromatic heterocycles. The van der Waals surface area contributed by atoms with E-state index in [4.69, 9.17) is 4.74 Å². The Morgan fingerprint density at radius 1 is 1.45 bits per heavy atom. The maximum Gasteiger partial charge on any atom is 0.323 e. The summed E-state index contributed by atoms with van der Waals surface area (Å²) in [6.07, 6.45) is 2.59. The van der Waals surface area contributed by atoms with Crippen molar-refractivity contribution in [3.05, 3.63) is 29.3 Å². The van der Waals surface area contributed by atoms with Crippen molar-refractivity contribution in [2.45, 2.75) is 51.6 Å². The van der Waals surface area contributed by atoms with Crippen molar-refractivity contribution in [1.29, 1.82) is 0 Å². The summed E-state index contributed by atoms with van der Waals surface area (Å²) in [7, 11) is 0. The predicted molar refractivity (Wildman–Crippen MR) is 78.2 cm³/mol. The van der Waals surface area contributed by atoms with Crippen LogP contribution in [0.4, 0.5) is 0 Å². The third-order valence-electron chi connectivity index (χ3n) is 3.76. The van der Waals surface area contributed by atoms with Crippen molar-refractivity contribution in [3.8, 4) is 5.75 Å². The van der Waals surface area contributed by atoms with Crippen LogP contribution in [0, 0.1) is 13.8 Å². The van der Waals surface area contributed by atoms with Gasteiger partial charge in [0.2, 0.25) is 0 Å². The Hall–Kier alpha value is -1.55. The molecule has 1 aliphatic carbocycles. The fraction of sp³-hybridized carbons (Fsp3) is 0.562. The molecule has 0 heterocycles. The van der Waals surface area contributed by atoms with Gasteiger partial charge in [0.15, 0.2) is 0 Å². The van der Waals surface area contributed by atoms with Gasteiger partial charge in [-0.15, -0.1) is 0 Å². The zero-order valence-electron chi connectivity index (χ0n) is 12.4. The van der Waals surface area contributed by atoms with E-state index in [0.29, 0.717) is 19.1 Å².